The molecule has 8 nitrogen and oxygen atoms in total. The molecule has 0 aliphatic carbocycles. The van der Waals surface area contributed by atoms with Crippen LogP contribution in [0, 0.1) is 0 Å². The van der Waals surface area contributed by atoms with Gasteiger partial charge in [-0.2, -0.15) is 0 Å². The molecule has 5 atom stereocenters. The van der Waals surface area contributed by atoms with E-state index in [1.165, 1.54) is 12.3 Å². The molecule has 0 radical (unpaired) electrons. The molecule has 0 fully saturated rings. The summed E-state index contributed by atoms with van der Waals surface area (Å²) < 4.78 is 0. The lowest BCUT2D eigenvalue weighted by Gasteiger charge is -2.28. The zero-order chi connectivity index (χ0) is 14.4. The minimum atomic E-state index is -1.84. The molecule has 0 bridgehead atoms. The van der Waals surface area contributed by atoms with Crippen LogP contribution in [-0.2, 0) is 0 Å². The number of rotatable bonds is 7. The number of hydrogen-bond acceptors (Lipinski definition) is 8. The second-order valence-corrected chi connectivity index (χ2v) is 4.03. The van der Waals surface area contributed by atoms with E-state index in [1.54, 1.807) is 12.1 Å². The molecule has 0 spiro atoms. The monoisotopic (exact) mass is 274 g/mol. The molecule has 19 heavy (non-hydrogen) atoms. The fourth-order valence-electron chi connectivity index (χ4n) is 1.41. The Labute approximate surface area is 109 Å². The van der Waals surface area contributed by atoms with Crippen molar-refractivity contribution in [3.8, 4) is 0 Å². The molecule has 108 valence electrons. The van der Waals surface area contributed by atoms with E-state index in [4.69, 9.17) is 10.2 Å². The number of anilines is 1. The number of pyridine rings is 1. The standard InChI is InChI=1S/C11H18N2O6/c14-5-6(15)8(16)9(17)10(18)11(19)13-7-3-1-2-4-12-7/h1-4,6,8-11,14-19H,5H2,(H,12,13)/t6-,8-,9+,10-,11?/m1/s1. The van der Waals surface area contributed by atoms with E-state index in [-0.39, 0.29) is 5.82 Å². The average molecular weight is 274 g/mol. The summed E-state index contributed by atoms with van der Waals surface area (Å²) in [5.41, 5.74) is 0. The van der Waals surface area contributed by atoms with Crippen LogP contribution in [0.25, 0.3) is 0 Å². The number of aliphatic hydroxyl groups excluding tert-OH is 6. The Morgan fingerprint density at radius 1 is 1.00 bits per heavy atom. The number of hydrogen-bond donors (Lipinski definition) is 7. The van der Waals surface area contributed by atoms with Crippen molar-refractivity contribution in [1.29, 1.82) is 0 Å². The maximum absolute atomic E-state index is 9.63. The summed E-state index contributed by atoms with van der Waals surface area (Å²) in [6, 6.07) is 4.83. The van der Waals surface area contributed by atoms with E-state index >= 15 is 0 Å². The van der Waals surface area contributed by atoms with Crippen LogP contribution in [0.2, 0.25) is 0 Å². The first-order valence-corrected chi connectivity index (χ1v) is 5.66. The van der Waals surface area contributed by atoms with Gasteiger partial charge in [-0.05, 0) is 12.1 Å². The third-order valence-corrected chi connectivity index (χ3v) is 2.57. The molecule has 1 aromatic rings. The fourth-order valence-corrected chi connectivity index (χ4v) is 1.41. The van der Waals surface area contributed by atoms with E-state index < -0.39 is 37.3 Å². The van der Waals surface area contributed by atoms with Gasteiger partial charge in [0.25, 0.3) is 0 Å². The van der Waals surface area contributed by atoms with Crippen molar-refractivity contribution in [2.75, 3.05) is 11.9 Å². The summed E-state index contributed by atoms with van der Waals surface area (Å²) in [6.07, 6.45) is -7.17. The number of aliphatic hydroxyl groups is 6. The van der Waals surface area contributed by atoms with Gasteiger partial charge in [0.05, 0.1) is 6.61 Å². The summed E-state index contributed by atoms with van der Waals surface area (Å²) >= 11 is 0. The van der Waals surface area contributed by atoms with Gasteiger partial charge in [0.15, 0.2) is 6.23 Å². The van der Waals surface area contributed by atoms with Gasteiger partial charge < -0.3 is 36.0 Å². The molecule has 1 unspecified atom stereocenters. The van der Waals surface area contributed by atoms with E-state index in [0.29, 0.717) is 0 Å². The van der Waals surface area contributed by atoms with E-state index in [9.17, 15) is 20.4 Å². The molecule has 8 heteroatoms. The smallest absolute Gasteiger partial charge is 0.154 e. The lowest BCUT2D eigenvalue weighted by atomic mass is 10.0. The fraction of sp³-hybridized carbons (Fsp3) is 0.545. The van der Waals surface area contributed by atoms with Crippen molar-refractivity contribution < 1.29 is 30.6 Å². The molecule has 7 N–H and O–H groups in total. The molecular formula is C11H18N2O6. The highest BCUT2D eigenvalue weighted by Gasteiger charge is 2.34. The highest BCUT2D eigenvalue weighted by atomic mass is 16.4. The normalized spacial score (nSPS) is 19.3. The summed E-state index contributed by atoms with van der Waals surface area (Å²) in [5, 5.41) is 58.4. The van der Waals surface area contributed by atoms with E-state index in [2.05, 4.69) is 10.3 Å². The van der Waals surface area contributed by atoms with Crippen molar-refractivity contribution in [1.82, 2.24) is 4.98 Å². The molecule has 0 aliphatic heterocycles. The van der Waals surface area contributed by atoms with Crippen molar-refractivity contribution in [2.45, 2.75) is 30.6 Å². The minimum absolute atomic E-state index is 0.262. The Balaban J connectivity index is 2.58. The van der Waals surface area contributed by atoms with Crippen molar-refractivity contribution >= 4 is 5.82 Å². The second kappa shape index (κ2) is 7.34. The van der Waals surface area contributed by atoms with Gasteiger partial charge in [0.1, 0.15) is 30.2 Å². The lowest BCUT2D eigenvalue weighted by Crippen LogP contribution is -2.51. The van der Waals surface area contributed by atoms with Gasteiger partial charge >= 0.3 is 0 Å². The molecule has 0 saturated heterocycles. The van der Waals surface area contributed by atoms with Gasteiger partial charge in [0.2, 0.25) is 0 Å². The van der Waals surface area contributed by atoms with Crippen LogP contribution < -0.4 is 5.32 Å². The zero-order valence-corrected chi connectivity index (χ0v) is 10.0. The van der Waals surface area contributed by atoms with E-state index in [1.807, 2.05) is 0 Å². The number of aromatic nitrogens is 1. The summed E-state index contributed by atoms with van der Waals surface area (Å²) in [6.45, 7) is -0.783. The highest BCUT2D eigenvalue weighted by molar-refractivity contribution is 5.34. The molecule has 1 aromatic heterocycles. The third kappa shape index (κ3) is 4.39. The number of nitrogens with one attached hydrogen (secondary N) is 1. The van der Waals surface area contributed by atoms with Crippen LogP contribution in [0.1, 0.15) is 0 Å². The Kier molecular flexibility index (Phi) is 6.09. The van der Waals surface area contributed by atoms with Gasteiger partial charge in [-0.25, -0.2) is 4.98 Å². The summed E-state index contributed by atoms with van der Waals surface area (Å²) in [4.78, 5) is 3.84. The Morgan fingerprint density at radius 2 is 1.68 bits per heavy atom. The van der Waals surface area contributed by atoms with Crippen LogP contribution in [0.5, 0.6) is 0 Å². The van der Waals surface area contributed by atoms with Gasteiger partial charge in [-0.1, -0.05) is 6.07 Å². The molecule has 0 aliphatic rings. The third-order valence-electron chi connectivity index (χ3n) is 2.57. The largest absolute Gasteiger partial charge is 0.394 e. The van der Waals surface area contributed by atoms with Crippen molar-refractivity contribution in [2.24, 2.45) is 0 Å². The Bertz CT molecular complexity index is 365. The summed E-state index contributed by atoms with van der Waals surface area (Å²) in [7, 11) is 0. The predicted molar refractivity (Wildman–Crippen MR) is 65.0 cm³/mol. The van der Waals surface area contributed by atoms with Crippen LogP contribution in [0.15, 0.2) is 24.4 Å². The Hall–Kier alpha value is -1.29. The highest BCUT2D eigenvalue weighted by Crippen LogP contribution is 2.10. The molecule has 0 saturated carbocycles. The molecule has 0 aromatic carbocycles. The molecule has 1 heterocycles. The van der Waals surface area contributed by atoms with Crippen LogP contribution >= 0.6 is 0 Å². The van der Waals surface area contributed by atoms with Gasteiger partial charge in [-0.3, -0.25) is 0 Å². The van der Waals surface area contributed by atoms with Gasteiger partial charge in [-0.15, -0.1) is 0 Å². The van der Waals surface area contributed by atoms with Crippen molar-refractivity contribution in [3.63, 3.8) is 0 Å². The van der Waals surface area contributed by atoms with Gasteiger partial charge in [0, 0.05) is 6.20 Å². The quantitative estimate of drug-likeness (QED) is 0.265. The Morgan fingerprint density at radius 3 is 2.21 bits per heavy atom. The molecular weight excluding hydrogens is 256 g/mol. The maximum Gasteiger partial charge on any atom is 0.154 e. The second-order valence-electron chi connectivity index (χ2n) is 4.03. The first kappa shape index (κ1) is 15.8. The average Bonchev–Trinajstić information content (AvgIpc) is 2.44. The maximum atomic E-state index is 9.63. The minimum Gasteiger partial charge on any atom is -0.394 e. The van der Waals surface area contributed by atoms with E-state index in [0.717, 1.165) is 0 Å². The zero-order valence-electron chi connectivity index (χ0n) is 10.0. The molecule has 0 amide bonds. The van der Waals surface area contributed by atoms with Crippen LogP contribution in [-0.4, -0.2) is 72.9 Å². The first-order chi connectivity index (χ1) is 8.97. The predicted octanol–water partition coefficient (Wildman–Crippen LogP) is -2.75. The lowest BCUT2D eigenvalue weighted by molar-refractivity contribution is -0.135. The molecule has 1 rings (SSSR count). The SMILES string of the molecule is OC[C@@H](O)[C@@H](O)[C@H](O)[C@@H](O)C(O)Nc1ccccn1. The topological polar surface area (TPSA) is 146 Å². The van der Waals surface area contributed by atoms with Crippen LogP contribution in [0.4, 0.5) is 5.82 Å². The van der Waals surface area contributed by atoms with Crippen molar-refractivity contribution in [3.05, 3.63) is 24.4 Å². The first-order valence-electron chi connectivity index (χ1n) is 5.66. The summed E-state index contributed by atoms with van der Waals surface area (Å²) in [5.74, 6) is 0.262. The van der Waals surface area contributed by atoms with Crippen LogP contribution in [0.3, 0.4) is 0 Å². The number of nitrogens with zero attached hydrogens (tertiary/aromatic N) is 1.